The fourth-order valence-corrected chi connectivity index (χ4v) is 4.97. The molecule has 0 unspecified atom stereocenters. The lowest BCUT2D eigenvalue weighted by atomic mass is 10.2. The zero-order valence-corrected chi connectivity index (χ0v) is 21.6. The number of amides is 1. The smallest absolute Gasteiger partial charge is 0.252 e. The molecule has 0 aliphatic carbocycles. The molecule has 0 bridgehead atoms. The Morgan fingerprint density at radius 1 is 1.14 bits per heavy atom. The van der Waals surface area contributed by atoms with Gasteiger partial charge in [0.05, 0.1) is 17.4 Å². The number of anilines is 1. The lowest BCUT2D eigenvalue weighted by Gasteiger charge is -2.26. The van der Waals surface area contributed by atoms with Gasteiger partial charge in [-0.25, -0.2) is 5.01 Å². The summed E-state index contributed by atoms with van der Waals surface area (Å²) >= 11 is 19.2. The second-order valence-corrected chi connectivity index (χ2v) is 9.67. The van der Waals surface area contributed by atoms with Crippen LogP contribution in [0.4, 0.5) is 5.69 Å². The molecule has 0 aromatic heterocycles. The van der Waals surface area contributed by atoms with Crippen molar-refractivity contribution < 1.29 is 19.4 Å². The number of hydrogen-bond donors (Lipinski definition) is 3. The summed E-state index contributed by atoms with van der Waals surface area (Å²) in [6.07, 6.45) is 0. The molecule has 3 N–H and O–H groups in total. The number of thiocarbonyl (C=S) groups is 1. The third kappa shape index (κ3) is 6.24. The lowest BCUT2D eigenvalue weighted by Crippen LogP contribution is -2.46. The normalized spacial score (nSPS) is 15.1. The van der Waals surface area contributed by atoms with E-state index in [0.717, 1.165) is 5.56 Å². The summed E-state index contributed by atoms with van der Waals surface area (Å²) in [5.41, 5.74) is 4.38. The highest BCUT2D eigenvalue weighted by molar-refractivity contribution is 8.00. The van der Waals surface area contributed by atoms with Gasteiger partial charge in [-0.2, -0.15) is 0 Å². The van der Waals surface area contributed by atoms with E-state index in [2.05, 4.69) is 10.7 Å². The van der Waals surface area contributed by atoms with Crippen molar-refractivity contribution in [3.05, 3.63) is 76.3 Å². The Morgan fingerprint density at radius 2 is 1.91 bits per heavy atom. The molecule has 11 heteroatoms. The molecular weight excluding hydrogens is 529 g/mol. The number of thioether (sulfide) groups is 1. The Balaban J connectivity index is 1.42. The fourth-order valence-electron chi connectivity index (χ4n) is 3.31. The molecule has 0 saturated carbocycles. The van der Waals surface area contributed by atoms with Gasteiger partial charge >= 0.3 is 0 Å². The molecule has 4 rings (SSSR count). The van der Waals surface area contributed by atoms with Gasteiger partial charge in [0.15, 0.2) is 16.6 Å². The molecule has 1 amide bonds. The van der Waals surface area contributed by atoms with E-state index in [0.29, 0.717) is 39.6 Å². The molecule has 3 aromatic rings. The quantitative estimate of drug-likeness (QED) is 0.293. The number of ether oxygens (including phenoxy) is 2. The molecule has 3 aromatic carbocycles. The summed E-state index contributed by atoms with van der Waals surface area (Å²) in [5.74, 6) is 1.64. The average Bonchev–Trinajstić information content (AvgIpc) is 3.18. The van der Waals surface area contributed by atoms with Gasteiger partial charge in [0.1, 0.15) is 16.9 Å². The Labute approximate surface area is 222 Å². The van der Waals surface area contributed by atoms with Crippen LogP contribution in [0.5, 0.6) is 23.0 Å². The maximum absolute atomic E-state index is 12.5. The van der Waals surface area contributed by atoms with Gasteiger partial charge in [-0.05, 0) is 79.3 Å². The van der Waals surface area contributed by atoms with E-state index in [-0.39, 0.29) is 27.9 Å². The molecule has 1 aliphatic heterocycles. The second kappa shape index (κ2) is 11.3. The number of phenols is 1. The monoisotopic (exact) mass is 549 g/mol. The van der Waals surface area contributed by atoms with Crippen LogP contribution in [0.1, 0.15) is 17.9 Å². The highest BCUT2D eigenvalue weighted by Gasteiger charge is 2.34. The van der Waals surface area contributed by atoms with Crippen molar-refractivity contribution in [3.8, 4) is 23.0 Å². The molecule has 35 heavy (non-hydrogen) atoms. The van der Waals surface area contributed by atoms with E-state index in [4.69, 9.17) is 44.9 Å². The van der Waals surface area contributed by atoms with Gasteiger partial charge in [0.2, 0.25) is 0 Å². The van der Waals surface area contributed by atoms with Crippen molar-refractivity contribution >= 4 is 63.9 Å². The van der Waals surface area contributed by atoms with Crippen LogP contribution in [0.3, 0.4) is 0 Å². The number of rotatable bonds is 7. The van der Waals surface area contributed by atoms with Crippen LogP contribution >= 0.6 is 47.2 Å². The van der Waals surface area contributed by atoms with Crippen LogP contribution in [0.15, 0.2) is 60.7 Å². The van der Waals surface area contributed by atoms with Gasteiger partial charge in [-0.15, -0.1) is 11.8 Å². The average molecular weight is 550 g/mol. The SMILES string of the molecule is CCOc1cc([C@@H]2SCC(=O)N2NC(=S)Nc2ccc(Oc3ccc(Cl)cc3)c(Cl)c2)ccc1O. The van der Waals surface area contributed by atoms with Crippen molar-refractivity contribution in [2.45, 2.75) is 12.3 Å². The number of carbonyl (C=O) groups is 1. The number of hydrazine groups is 1. The second-order valence-electron chi connectivity index (χ2n) is 7.35. The third-order valence-electron chi connectivity index (χ3n) is 4.89. The summed E-state index contributed by atoms with van der Waals surface area (Å²) in [4.78, 5) is 12.5. The summed E-state index contributed by atoms with van der Waals surface area (Å²) < 4.78 is 11.3. The van der Waals surface area contributed by atoms with Crippen molar-refractivity contribution in [1.29, 1.82) is 0 Å². The Morgan fingerprint density at radius 3 is 2.63 bits per heavy atom. The first-order valence-electron chi connectivity index (χ1n) is 10.5. The molecule has 0 radical (unpaired) electrons. The Hall–Kier alpha value is -2.85. The number of nitrogens with zero attached hydrogens (tertiary/aromatic N) is 1. The number of carbonyl (C=O) groups excluding carboxylic acids is 1. The Kier molecular flexibility index (Phi) is 8.12. The Bertz CT molecular complexity index is 1240. The van der Waals surface area contributed by atoms with Crippen LogP contribution in [0.2, 0.25) is 10.0 Å². The summed E-state index contributed by atoms with van der Waals surface area (Å²) in [6.45, 7) is 2.25. The molecule has 0 spiro atoms. The van der Waals surface area contributed by atoms with Crippen LogP contribution in [-0.2, 0) is 4.79 Å². The molecular formula is C24H21Cl2N3O4S2. The van der Waals surface area contributed by atoms with E-state index in [1.807, 2.05) is 6.92 Å². The number of halogens is 2. The standard InChI is InChI=1S/C24H21Cl2N3O4S2/c1-2-32-21-11-14(3-9-19(21)30)23-29(22(31)13-35-23)28-24(34)27-16-6-10-20(18(26)12-16)33-17-7-4-15(25)5-8-17/h3-12,23,30H,2,13H2,1H3,(H2,27,28,34)/t23-/m0/s1. The summed E-state index contributed by atoms with van der Waals surface area (Å²) in [6, 6.07) is 17.1. The van der Waals surface area contributed by atoms with Gasteiger partial charge in [-0.3, -0.25) is 10.2 Å². The minimum Gasteiger partial charge on any atom is -0.504 e. The zero-order valence-electron chi connectivity index (χ0n) is 18.5. The van der Waals surface area contributed by atoms with Crippen molar-refractivity contribution in [2.24, 2.45) is 0 Å². The number of aromatic hydroxyl groups is 1. The van der Waals surface area contributed by atoms with Gasteiger partial charge in [-0.1, -0.05) is 29.3 Å². The summed E-state index contributed by atoms with van der Waals surface area (Å²) in [7, 11) is 0. The first kappa shape index (κ1) is 25.2. The largest absolute Gasteiger partial charge is 0.504 e. The van der Waals surface area contributed by atoms with Crippen molar-refractivity contribution in [1.82, 2.24) is 10.4 Å². The fraction of sp³-hybridized carbons (Fsp3) is 0.167. The van der Waals surface area contributed by atoms with Gasteiger partial charge in [0.25, 0.3) is 5.91 Å². The van der Waals surface area contributed by atoms with E-state index in [1.165, 1.54) is 16.8 Å². The minimum absolute atomic E-state index is 0.0435. The minimum atomic E-state index is -0.346. The predicted octanol–water partition coefficient (Wildman–Crippen LogP) is 6.37. The maximum atomic E-state index is 12.5. The van der Waals surface area contributed by atoms with Crippen LogP contribution in [0, 0.1) is 0 Å². The molecule has 1 saturated heterocycles. The van der Waals surface area contributed by atoms with Crippen LogP contribution < -0.4 is 20.2 Å². The third-order valence-corrected chi connectivity index (χ3v) is 6.84. The first-order valence-corrected chi connectivity index (χ1v) is 12.8. The van der Waals surface area contributed by atoms with Crippen molar-refractivity contribution in [2.75, 3.05) is 17.7 Å². The van der Waals surface area contributed by atoms with E-state index in [9.17, 15) is 9.90 Å². The molecule has 1 fully saturated rings. The molecule has 7 nitrogen and oxygen atoms in total. The highest BCUT2D eigenvalue weighted by atomic mass is 35.5. The summed E-state index contributed by atoms with van der Waals surface area (Å²) in [5, 5.41) is 15.4. The number of nitrogens with one attached hydrogen (secondary N) is 2. The van der Waals surface area contributed by atoms with E-state index >= 15 is 0 Å². The zero-order chi connectivity index (χ0) is 24.9. The molecule has 1 aliphatic rings. The van der Waals surface area contributed by atoms with Crippen LogP contribution in [0.25, 0.3) is 0 Å². The molecule has 1 heterocycles. The van der Waals surface area contributed by atoms with E-state index < -0.39 is 0 Å². The van der Waals surface area contributed by atoms with Crippen LogP contribution in [-0.4, -0.2) is 33.5 Å². The van der Waals surface area contributed by atoms with E-state index in [1.54, 1.807) is 60.7 Å². The van der Waals surface area contributed by atoms with Gasteiger partial charge < -0.3 is 19.9 Å². The number of hydrogen-bond acceptors (Lipinski definition) is 6. The maximum Gasteiger partial charge on any atom is 0.252 e. The number of benzene rings is 3. The van der Waals surface area contributed by atoms with Gasteiger partial charge in [0, 0.05) is 10.7 Å². The molecule has 1 atom stereocenters. The highest BCUT2D eigenvalue weighted by Crippen LogP contribution is 2.40. The van der Waals surface area contributed by atoms with Crippen molar-refractivity contribution in [3.63, 3.8) is 0 Å². The predicted molar refractivity (Wildman–Crippen MR) is 144 cm³/mol. The first-order chi connectivity index (χ1) is 16.8. The lowest BCUT2D eigenvalue weighted by molar-refractivity contribution is -0.129. The topological polar surface area (TPSA) is 83.1 Å². The number of phenolic OH excluding ortho intramolecular Hbond substituents is 1. The molecule has 182 valence electrons.